The lowest BCUT2D eigenvalue weighted by Gasteiger charge is -2.36. The summed E-state index contributed by atoms with van der Waals surface area (Å²) in [5.74, 6) is 0. The Morgan fingerprint density at radius 2 is 2.05 bits per heavy atom. The van der Waals surface area contributed by atoms with Gasteiger partial charge in [0.15, 0.2) is 0 Å². The van der Waals surface area contributed by atoms with Crippen molar-refractivity contribution in [1.29, 1.82) is 0 Å². The maximum atomic E-state index is 12.2. The topological polar surface area (TPSA) is 73.7 Å². The van der Waals surface area contributed by atoms with Gasteiger partial charge < -0.3 is 14.4 Å². The van der Waals surface area contributed by atoms with Crippen LogP contribution < -0.4 is 0 Å². The third-order valence-corrected chi connectivity index (χ3v) is 3.37. The summed E-state index contributed by atoms with van der Waals surface area (Å²) >= 11 is 0. The van der Waals surface area contributed by atoms with Crippen LogP contribution in [0.15, 0.2) is 18.7 Å². The van der Waals surface area contributed by atoms with Crippen LogP contribution >= 0.6 is 0 Å². The highest BCUT2D eigenvalue weighted by atomic mass is 16.6. The standard InChI is InChI=1S/C15H23N3O4/c1-15(2,3)22-14(20)18-8-5-4-6-12(18)10-21-13(19)17-9-7-16-11-17/h7,9,11-12H,4-6,8,10H2,1-3H3/t12-/m0/s1. The predicted octanol–water partition coefficient (Wildman–Crippen LogP) is 2.66. The number of hydrogen-bond donors (Lipinski definition) is 0. The first-order chi connectivity index (χ1) is 10.4. The first kappa shape index (κ1) is 16.3. The number of piperidine rings is 1. The number of carbonyl (C=O) groups is 2. The van der Waals surface area contributed by atoms with Gasteiger partial charge in [-0.25, -0.2) is 19.1 Å². The van der Waals surface area contributed by atoms with Crippen molar-refractivity contribution in [1.82, 2.24) is 14.5 Å². The molecule has 0 N–H and O–H groups in total. The van der Waals surface area contributed by atoms with Gasteiger partial charge in [0.1, 0.15) is 18.5 Å². The van der Waals surface area contributed by atoms with Crippen molar-refractivity contribution >= 4 is 12.2 Å². The van der Waals surface area contributed by atoms with Gasteiger partial charge in [-0.3, -0.25) is 0 Å². The Morgan fingerprint density at radius 3 is 2.68 bits per heavy atom. The number of amides is 1. The second-order valence-electron chi connectivity index (χ2n) is 6.37. The normalized spacial score (nSPS) is 18.9. The number of likely N-dealkylation sites (tertiary alicyclic amines) is 1. The van der Waals surface area contributed by atoms with Crippen molar-refractivity contribution in [3.8, 4) is 0 Å². The minimum absolute atomic E-state index is 0.143. The average molecular weight is 309 g/mol. The molecule has 1 aromatic rings. The zero-order valence-corrected chi connectivity index (χ0v) is 13.3. The molecule has 1 fully saturated rings. The number of ether oxygens (including phenoxy) is 2. The van der Waals surface area contributed by atoms with E-state index in [1.807, 2.05) is 20.8 Å². The lowest BCUT2D eigenvalue weighted by molar-refractivity contribution is -0.000257. The van der Waals surface area contributed by atoms with Crippen LogP contribution in [0.2, 0.25) is 0 Å². The van der Waals surface area contributed by atoms with Gasteiger partial charge in [0.2, 0.25) is 0 Å². The van der Waals surface area contributed by atoms with Gasteiger partial charge in [0, 0.05) is 18.9 Å². The number of aromatic nitrogens is 2. The van der Waals surface area contributed by atoms with Gasteiger partial charge in [0.05, 0.1) is 6.04 Å². The van der Waals surface area contributed by atoms with Crippen LogP contribution in [0.3, 0.4) is 0 Å². The summed E-state index contributed by atoms with van der Waals surface area (Å²) in [5, 5.41) is 0. The summed E-state index contributed by atoms with van der Waals surface area (Å²) in [5.41, 5.74) is -0.535. The molecule has 1 aliphatic heterocycles. The van der Waals surface area contributed by atoms with Gasteiger partial charge in [-0.1, -0.05) is 0 Å². The van der Waals surface area contributed by atoms with E-state index in [0.717, 1.165) is 19.3 Å². The SMILES string of the molecule is CC(C)(C)OC(=O)N1CCCC[C@H]1COC(=O)n1ccnc1. The lowest BCUT2D eigenvalue weighted by Crippen LogP contribution is -2.48. The monoisotopic (exact) mass is 309 g/mol. The van der Waals surface area contributed by atoms with Crippen molar-refractivity contribution in [3.63, 3.8) is 0 Å². The molecule has 2 heterocycles. The van der Waals surface area contributed by atoms with Crippen LogP contribution in [0, 0.1) is 0 Å². The Bertz CT molecular complexity index is 507. The summed E-state index contributed by atoms with van der Waals surface area (Å²) in [6.45, 7) is 6.30. The second kappa shape index (κ2) is 6.81. The highest BCUT2D eigenvalue weighted by Crippen LogP contribution is 2.20. The molecule has 0 spiro atoms. The van der Waals surface area contributed by atoms with Crippen molar-refractivity contribution in [2.45, 2.75) is 51.7 Å². The molecule has 122 valence electrons. The fourth-order valence-electron chi connectivity index (χ4n) is 2.34. The van der Waals surface area contributed by atoms with Gasteiger partial charge in [0.25, 0.3) is 0 Å². The van der Waals surface area contributed by atoms with E-state index in [1.54, 1.807) is 4.90 Å². The van der Waals surface area contributed by atoms with E-state index in [4.69, 9.17) is 9.47 Å². The molecule has 0 bridgehead atoms. The van der Waals surface area contributed by atoms with E-state index in [9.17, 15) is 9.59 Å². The summed E-state index contributed by atoms with van der Waals surface area (Å²) in [4.78, 5) is 29.5. The molecule has 0 saturated carbocycles. The zero-order valence-electron chi connectivity index (χ0n) is 13.3. The fraction of sp³-hybridized carbons (Fsp3) is 0.667. The van der Waals surface area contributed by atoms with Gasteiger partial charge in [-0.2, -0.15) is 0 Å². The molecule has 0 aliphatic carbocycles. The van der Waals surface area contributed by atoms with E-state index in [0.29, 0.717) is 6.54 Å². The molecule has 1 aliphatic rings. The molecule has 1 amide bonds. The van der Waals surface area contributed by atoms with Crippen LogP contribution in [0.4, 0.5) is 9.59 Å². The highest BCUT2D eigenvalue weighted by Gasteiger charge is 2.31. The summed E-state index contributed by atoms with van der Waals surface area (Å²) in [6, 6.07) is -0.143. The van der Waals surface area contributed by atoms with Gasteiger partial charge >= 0.3 is 12.2 Å². The summed E-state index contributed by atoms with van der Waals surface area (Å²) in [6.07, 6.45) is 6.32. The highest BCUT2D eigenvalue weighted by molar-refractivity contribution is 5.70. The van der Waals surface area contributed by atoms with Crippen LogP contribution in [0.5, 0.6) is 0 Å². The Kier molecular flexibility index (Phi) is 5.05. The number of nitrogens with zero attached hydrogens (tertiary/aromatic N) is 3. The van der Waals surface area contributed by atoms with Gasteiger partial charge in [-0.15, -0.1) is 0 Å². The molecule has 1 atom stereocenters. The molecular weight excluding hydrogens is 286 g/mol. The third kappa shape index (κ3) is 4.47. The fourth-order valence-corrected chi connectivity index (χ4v) is 2.34. The van der Waals surface area contributed by atoms with E-state index in [2.05, 4.69) is 4.98 Å². The Morgan fingerprint density at radius 1 is 1.27 bits per heavy atom. The molecule has 0 radical (unpaired) electrons. The molecule has 2 rings (SSSR count). The van der Waals surface area contributed by atoms with Crippen molar-refractivity contribution in [2.24, 2.45) is 0 Å². The smallest absolute Gasteiger partial charge is 0.419 e. The summed E-state index contributed by atoms with van der Waals surface area (Å²) < 4.78 is 12.0. The van der Waals surface area contributed by atoms with E-state index < -0.39 is 11.7 Å². The quantitative estimate of drug-likeness (QED) is 0.839. The molecule has 22 heavy (non-hydrogen) atoms. The van der Waals surface area contributed by atoms with Crippen molar-refractivity contribution in [3.05, 3.63) is 18.7 Å². The molecule has 1 saturated heterocycles. The van der Waals surface area contributed by atoms with E-state index in [-0.39, 0.29) is 18.7 Å². The molecule has 7 nitrogen and oxygen atoms in total. The van der Waals surface area contributed by atoms with Crippen LogP contribution in [-0.2, 0) is 9.47 Å². The van der Waals surface area contributed by atoms with E-state index >= 15 is 0 Å². The maximum Gasteiger partial charge on any atom is 0.419 e. The minimum atomic E-state index is -0.535. The maximum absolute atomic E-state index is 12.2. The number of carbonyl (C=O) groups excluding carboxylic acids is 2. The minimum Gasteiger partial charge on any atom is -0.447 e. The lowest BCUT2D eigenvalue weighted by atomic mass is 10.0. The third-order valence-electron chi connectivity index (χ3n) is 3.37. The molecule has 7 heteroatoms. The molecule has 1 aromatic heterocycles. The average Bonchev–Trinajstić information content (AvgIpc) is 2.97. The summed E-state index contributed by atoms with van der Waals surface area (Å²) in [7, 11) is 0. The Balaban J connectivity index is 1.92. The van der Waals surface area contributed by atoms with Crippen molar-refractivity contribution < 1.29 is 19.1 Å². The molecule has 0 unspecified atom stereocenters. The number of imidazole rings is 1. The van der Waals surface area contributed by atoms with Gasteiger partial charge in [-0.05, 0) is 40.0 Å². The number of rotatable bonds is 2. The first-order valence-corrected chi connectivity index (χ1v) is 7.51. The van der Waals surface area contributed by atoms with Crippen molar-refractivity contribution in [2.75, 3.05) is 13.2 Å². The van der Waals surface area contributed by atoms with E-state index in [1.165, 1.54) is 23.3 Å². The van der Waals surface area contributed by atoms with Crippen LogP contribution in [0.25, 0.3) is 0 Å². The van der Waals surface area contributed by atoms with Crippen LogP contribution in [-0.4, -0.2) is 51.4 Å². The first-order valence-electron chi connectivity index (χ1n) is 7.51. The second-order valence-corrected chi connectivity index (χ2v) is 6.37. The Hall–Kier alpha value is -2.05. The number of hydrogen-bond acceptors (Lipinski definition) is 5. The zero-order chi connectivity index (χ0) is 16.2. The largest absolute Gasteiger partial charge is 0.447 e. The molecule has 0 aromatic carbocycles. The molecular formula is C15H23N3O4. The Labute approximate surface area is 130 Å². The van der Waals surface area contributed by atoms with Crippen LogP contribution in [0.1, 0.15) is 40.0 Å². The predicted molar refractivity (Wildman–Crippen MR) is 79.6 cm³/mol.